The van der Waals surface area contributed by atoms with Crippen LogP contribution in [0.3, 0.4) is 0 Å². The van der Waals surface area contributed by atoms with Gasteiger partial charge in [0.1, 0.15) is 11.4 Å². The first-order valence-electron chi connectivity index (χ1n) is 10.4. The van der Waals surface area contributed by atoms with Crippen LogP contribution in [0.5, 0.6) is 0 Å². The number of Topliss-reactive ketones (excluding diaryl/α,β-unsaturated/α-hetero) is 1. The van der Waals surface area contributed by atoms with E-state index in [1.54, 1.807) is 42.2 Å². The average molecular weight is 453 g/mol. The molecular weight excluding hydrogens is 428 g/mol. The van der Waals surface area contributed by atoms with E-state index in [2.05, 4.69) is 5.32 Å². The fourth-order valence-electron chi connectivity index (χ4n) is 3.84. The fraction of sp³-hybridized carbons (Fsp3) is 0.333. The van der Waals surface area contributed by atoms with E-state index in [9.17, 15) is 19.2 Å². The number of hydrogen-bond acceptors (Lipinski definition) is 6. The molecule has 2 fully saturated rings. The monoisotopic (exact) mass is 452 g/mol. The zero-order valence-electron chi connectivity index (χ0n) is 17.7. The summed E-state index contributed by atoms with van der Waals surface area (Å²) in [6.07, 6.45) is 0.210. The topological polar surface area (TPSA) is 92.8 Å². The van der Waals surface area contributed by atoms with E-state index in [0.29, 0.717) is 11.3 Å². The van der Waals surface area contributed by atoms with Crippen molar-refractivity contribution < 1.29 is 23.9 Å². The van der Waals surface area contributed by atoms with Gasteiger partial charge >= 0.3 is 5.97 Å². The van der Waals surface area contributed by atoms with Crippen LogP contribution in [0.4, 0.5) is 0 Å². The normalized spacial score (nSPS) is 24.2. The van der Waals surface area contributed by atoms with Crippen molar-refractivity contribution >= 4 is 35.3 Å². The molecule has 2 heterocycles. The first-order chi connectivity index (χ1) is 15.4. The average Bonchev–Trinajstić information content (AvgIpc) is 2.82. The van der Waals surface area contributed by atoms with Crippen molar-refractivity contribution in [2.24, 2.45) is 5.41 Å². The van der Waals surface area contributed by atoms with E-state index in [1.165, 1.54) is 11.8 Å². The Bertz CT molecular complexity index is 1030. The predicted octanol–water partition coefficient (Wildman–Crippen LogP) is 2.06. The fourth-order valence-corrected chi connectivity index (χ4v) is 5.33. The second kappa shape index (κ2) is 9.16. The van der Waals surface area contributed by atoms with Crippen molar-refractivity contribution in [2.75, 3.05) is 18.9 Å². The number of carbonyl (C=O) groups is 4. The highest BCUT2D eigenvalue weighted by Gasteiger charge is 2.56. The second-order valence-electron chi connectivity index (χ2n) is 8.30. The van der Waals surface area contributed by atoms with Gasteiger partial charge < -0.3 is 15.0 Å². The molecule has 2 amide bonds. The molecule has 0 bridgehead atoms. The van der Waals surface area contributed by atoms with Crippen LogP contribution in [0.2, 0.25) is 0 Å². The van der Waals surface area contributed by atoms with E-state index in [-0.39, 0.29) is 42.5 Å². The third kappa shape index (κ3) is 4.55. The Morgan fingerprint density at radius 1 is 1.09 bits per heavy atom. The maximum absolute atomic E-state index is 12.7. The summed E-state index contributed by atoms with van der Waals surface area (Å²) < 4.78 is 5.29. The number of nitrogens with one attached hydrogen (secondary N) is 1. The predicted molar refractivity (Wildman–Crippen MR) is 120 cm³/mol. The summed E-state index contributed by atoms with van der Waals surface area (Å²) >= 11 is 1.44. The lowest BCUT2D eigenvalue weighted by atomic mass is 9.89. The van der Waals surface area contributed by atoms with Gasteiger partial charge in [0.05, 0.1) is 11.8 Å². The highest BCUT2D eigenvalue weighted by molar-refractivity contribution is 8.00. The molecule has 2 aromatic rings. The van der Waals surface area contributed by atoms with E-state index in [1.807, 2.05) is 30.3 Å². The quantitative estimate of drug-likeness (QED) is 0.393. The number of carbonyl (C=O) groups excluding carboxylic acids is 4. The minimum absolute atomic E-state index is 0.200. The highest BCUT2D eigenvalue weighted by atomic mass is 32.2. The van der Waals surface area contributed by atoms with Crippen molar-refractivity contribution in [1.82, 2.24) is 10.2 Å². The number of ketones is 1. The molecule has 4 rings (SSSR count). The number of ether oxygens (including phenoxy) is 1. The molecule has 8 heteroatoms. The van der Waals surface area contributed by atoms with Crippen molar-refractivity contribution in [3.63, 3.8) is 0 Å². The summed E-state index contributed by atoms with van der Waals surface area (Å²) in [5, 5.41) is 2.62. The molecule has 2 saturated heterocycles. The Kier molecular flexibility index (Phi) is 6.32. The number of hydrogen-bond donors (Lipinski definition) is 1. The van der Waals surface area contributed by atoms with Crippen LogP contribution in [0, 0.1) is 5.41 Å². The van der Waals surface area contributed by atoms with Crippen LogP contribution in [-0.4, -0.2) is 58.8 Å². The maximum atomic E-state index is 12.7. The molecule has 2 aliphatic rings. The first kappa shape index (κ1) is 22.1. The number of thioether (sulfide) groups is 1. The SMILES string of the molecule is CC1(C(=O)OCC(=O)c2ccccc2)CS[C@@H]2C(NC(=O)Cc3ccccc3)C(=O)N2C1. The molecule has 2 aliphatic heterocycles. The summed E-state index contributed by atoms with van der Waals surface area (Å²) in [6.45, 7) is 1.60. The second-order valence-corrected chi connectivity index (χ2v) is 9.41. The largest absolute Gasteiger partial charge is 0.457 e. The number of β-lactam (4-membered cyclic amide) rings is 1. The van der Waals surface area contributed by atoms with E-state index in [4.69, 9.17) is 4.74 Å². The molecule has 0 spiro atoms. The Morgan fingerprint density at radius 3 is 2.44 bits per heavy atom. The van der Waals surface area contributed by atoms with Gasteiger partial charge in [0.2, 0.25) is 11.8 Å². The summed E-state index contributed by atoms with van der Waals surface area (Å²) in [5.41, 5.74) is 0.452. The minimum atomic E-state index is -0.910. The van der Waals surface area contributed by atoms with Crippen LogP contribution in [-0.2, 0) is 25.5 Å². The molecular formula is C24H24N2O5S. The van der Waals surface area contributed by atoms with E-state index in [0.717, 1.165) is 5.56 Å². The van der Waals surface area contributed by atoms with Crippen LogP contribution in [0.1, 0.15) is 22.8 Å². The standard InChI is InChI=1S/C24H24N2O5S/c1-24(23(30)31-13-18(27)17-10-6-3-7-11-17)14-26-21(29)20(22(26)32-15-24)25-19(28)12-16-8-4-2-5-9-16/h2-11,20,22H,12-15H2,1H3,(H,25,28)/t20?,22-,24?/m1/s1. The van der Waals surface area contributed by atoms with Crippen molar-refractivity contribution in [1.29, 1.82) is 0 Å². The highest BCUT2D eigenvalue weighted by Crippen LogP contribution is 2.42. The molecule has 7 nitrogen and oxygen atoms in total. The van der Waals surface area contributed by atoms with Gasteiger partial charge in [0.15, 0.2) is 12.4 Å². The van der Waals surface area contributed by atoms with Crippen molar-refractivity contribution in [3.8, 4) is 0 Å². The van der Waals surface area contributed by atoms with Crippen LogP contribution >= 0.6 is 11.8 Å². The van der Waals surface area contributed by atoms with Gasteiger partial charge in [-0.2, -0.15) is 0 Å². The Morgan fingerprint density at radius 2 is 1.75 bits per heavy atom. The summed E-state index contributed by atoms with van der Waals surface area (Å²) in [5.74, 6) is -0.752. The third-order valence-electron chi connectivity index (χ3n) is 5.68. The smallest absolute Gasteiger partial charge is 0.314 e. The summed E-state index contributed by atoms with van der Waals surface area (Å²) in [7, 11) is 0. The van der Waals surface area contributed by atoms with Crippen LogP contribution in [0.25, 0.3) is 0 Å². The number of nitrogens with zero attached hydrogens (tertiary/aromatic N) is 1. The molecule has 2 unspecified atom stereocenters. The van der Waals surface area contributed by atoms with E-state index < -0.39 is 17.4 Å². The Labute approximate surface area is 190 Å². The van der Waals surface area contributed by atoms with Gasteiger partial charge in [-0.15, -0.1) is 11.8 Å². The maximum Gasteiger partial charge on any atom is 0.314 e. The Balaban J connectivity index is 1.29. The lowest BCUT2D eigenvalue weighted by Crippen LogP contribution is -2.73. The van der Waals surface area contributed by atoms with E-state index >= 15 is 0 Å². The molecule has 3 atom stereocenters. The number of rotatable bonds is 7. The zero-order chi connectivity index (χ0) is 22.7. The third-order valence-corrected chi connectivity index (χ3v) is 7.35. The van der Waals surface area contributed by atoms with Gasteiger partial charge in [0, 0.05) is 17.9 Å². The van der Waals surface area contributed by atoms with Crippen molar-refractivity contribution in [2.45, 2.75) is 24.8 Å². The summed E-state index contributed by atoms with van der Waals surface area (Å²) in [6, 6.07) is 17.4. The molecule has 166 valence electrons. The molecule has 1 N–H and O–H groups in total. The van der Waals surface area contributed by atoms with Gasteiger partial charge in [-0.3, -0.25) is 19.2 Å². The molecule has 0 aromatic heterocycles. The molecule has 0 aliphatic carbocycles. The lowest BCUT2D eigenvalue weighted by Gasteiger charge is -2.53. The zero-order valence-corrected chi connectivity index (χ0v) is 18.5. The van der Waals surface area contributed by atoms with Gasteiger partial charge in [-0.05, 0) is 12.5 Å². The van der Waals surface area contributed by atoms with Crippen molar-refractivity contribution in [3.05, 3.63) is 71.8 Å². The van der Waals surface area contributed by atoms with Gasteiger partial charge in [-0.1, -0.05) is 60.7 Å². The van der Waals surface area contributed by atoms with Crippen LogP contribution in [0.15, 0.2) is 60.7 Å². The minimum Gasteiger partial charge on any atom is -0.457 e. The first-order valence-corrected chi connectivity index (χ1v) is 11.4. The number of benzene rings is 2. The summed E-state index contributed by atoms with van der Waals surface area (Å²) in [4.78, 5) is 51.5. The molecule has 0 saturated carbocycles. The van der Waals surface area contributed by atoms with Crippen LogP contribution < -0.4 is 5.32 Å². The Hall–Kier alpha value is -3.13. The molecule has 2 aromatic carbocycles. The number of esters is 1. The number of fused-ring (bicyclic) bond motifs is 1. The lowest BCUT2D eigenvalue weighted by molar-refractivity contribution is -0.161. The van der Waals surface area contributed by atoms with Gasteiger partial charge in [-0.25, -0.2) is 0 Å². The molecule has 0 radical (unpaired) electrons. The number of amides is 2. The van der Waals surface area contributed by atoms with Gasteiger partial charge in [0.25, 0.3) is 0 Å². The molecule has 32 heavy (non-hydrogen) atoms.